The molecule has 0 saturated carbocycles. The summed E-state index contributed by atoms with van der Waals surface area (Å²) in [4.78, 5) is 2.73. The number of benzene rings is 1. The second-order valence-corrected chi connectivity index (χ2v) is 8.25. The average Bonchev–Trinajstić information content (AvgIpc) is 2.37. The Balaban J connectivity index is 0.00000242. The minimum Gasteiger partial charge on any atom is -0.309 e. The zero-order valence-electron chi connectivity index (χ0n) is 13.6. The molecule has 1 saturated heterocycles. The van der Waals surface area contributed by atoms with E-state index in [0.717, 1.165) is 25.2 Å². The maximum absolute atomic E-state index is 12.2. The molecule has 0 aliphatic carbocycles. The third-order valence-electron chi connectivity index (χ3n) is 3.72. The quantitative estimate of drug-likeness (QED) is 0.897. The summed E-state index contributed by atoms with van der Waals surface area (Å²) in [5.74, 6) is 0. The van der Waals surface area contributed by atoms with Crippen molar-refractivity contribution >= 4 is 22.4 Å². The van der Waals surface area contributed by atoms with Gasteiger partial charge in [0.05, 0.1) is 4.90 Å². The zero-order chi connectivity index (χ0) is 15.6. The molecule has 126 valence electrons. The highest BCUT2D eigenvalue weighted by atomic mass is 35.5. The zero-order valence-corrected chi connectivity index (χ0v) is 15.2. The molecular weight excluding hydrogens is 322 g/mol. The molecular formula is C15H26ClN3O2S. The number of rotatable bonds is 4. The van der Waals surface area contributed by atoms with Crippen molar-refractivity contribution in [1.29, 1.82) is 0 Å². The third kappa shape index (κ3) is 4.67. The van der Waals surface area contributed by atoms with Gasteiger partial charge in [-0.05, 0) is 31.5 Å². The van der Waals surface area contributed by atoms with Gasteiger partial charge >= 0.3 is 0 Å². The van der Waals surface area contributed by atoms with Crippen molar-refractivity contribution < 1.29 is 8.42 Å². The van der Waals surface area contributed by atoms with E-state index >= 15 is 0 Å². The highest BCUT2D eigenvalue weighted by molar-refractivity contribution is 7.89. The minimum atomic E-state index is -3.36. The standard InChI is InChI=1S/C15H25N3O2S.ClH/c1-12-9-18(10-13(2)16-12)11-14-6-5-7-15(8-14)21(19,20)17(3)4;/h5-8,12-13,16H,9-11H2,1-4H3;1H. The highest BCUT2D eigenvalue weighted by Crippen LogP contribution is 2.17. The fourth-order valence-electron chi connectivity index (χ4n) is 2.84. The number of halogens is 1. The topological polar surface area (TPSA) is 52.7 Å². The van der Waals surface area contributed by atoms with Gasteiger partial charge in [-0.2, -0.15) is 0 Å². The molecule has 0 aromatic heterocycles. The molecule has 1 aliphatic heterocycles. The van der Waals surface area contributed by atoms with Gasteiger partial charge in [0.25, 0.3) is 0 Å². The van der Waals surface area contributed by atoms with Crippen LogP contribution in [-0.2, 0) is 16.6 Å². The summed E-state index contributed by atoms with van der Waals surface area (Å²) in [7, 11) is -0.245. The molecule has 2 unspecified atom stereocenters. The molecule has 0 amide bonds. The van der Waals surface area contributed by atoms with Crippen molar-refractivity contribution in [1.82, 2.24) is 14.5 Å². The van der Waals surface area contributed by atoms with E-state index in [4.69, 9.17) is 0 Å². The lowest BCUT2D eigenvalue weighted by Crippen LogP contribution is -2.53. The van der Waals surface area contributed by atoms with Crippen LogP contribution in [0.25, 0.3) is 0 Å². The second-order valence-electron chi connectivity index (χ2n) is 6.10. The van der Waals surface area contributed by atoms with Gasteiger partial charge in [-0.15, -0.1) is 12.4 Å². The summed E-state index contributed by atoms with van der Waals surface area (Å²) in [5.41, 5.74) is 1.04. The van der Waals surface area contributed by atoms with Crippen LogP contribution < -0.4 is 5.32 Å². The Labute approximate surface area is 140 Å². The predicted molar refractivity (Wildman–Crippen MR) is 91.9 cm³/mol. The largest absolute Gasteiger partial charge is 0.309 e. The van der Waals surface area contributed by atoms with E-state index in [2.05, 4.69) is 24.1 Å². The first-order valence-electron chi connectivity index (χ1n) is 7.29. The summed E-state index contributed by atoms with van der Waals surface area (Å²) < 4.78 is 25.6. The number of hydrogen-bond acceptors (Lipinski definition) is 4. The van der Waals surface area contributed by atoms with Crippen molar-refractivity contribution in [2.45, 2.75) is 37.4 Å². The van der Waals surface area contributed by atoms with Gasteiger partial charge in [-0.1, -0.05) is 12.1 Å². The Morgan fingerprint density at radius 1 is 1.23 bits per heavy atom. The number of nitrogens with zero attached hydrogens (tertiary/aromatic N) is 2. The van der Waals surface area contributed by atoms with Crippen LogP contribution >= 0.6 is 12.4 Å². The molecule has 2 rings (SSSR count). The Bertz CT molecular complexity index is 582. The molecule has 7 heteroatoms. The number of hydrogen-bond donors (Lipinski definition) is 1. The minimum absolute atomic E-state index is 0. The Morgan fingerprint density at radius 3 is 2.36 bits per heavy atom. The normalized spacial score (nSPS) is 23.3. The van der Waals surface area contributed by atoms with Crippen LogP contribution in [0.2, 0.25) is 0 Å². The third-order valence-corrected chi connectivity index (χ3v) is 5.53. The van der Waals surface area contributed by atoms with E-state index in [-0.39, 0.29) is 12.4 Å². The fourth-order valence-corrected chi connectivity index (χ4v) is 3.82. The summed E-state index contributed by atoms with van der Waals surface area (Å²) in [6.45, 7) is 7.10. The first-order chi connectivity index (χ1) is 9.79. The highest BCUT2D eigenvalue weighted by Gasteiger charge is 2.22. The van der Waals surface area contributed by atoms with Crippen molar-refractivity contribution in [3.63, 3.8) is 0 Å². The van der Waals surface area contributed by atoms with Crippen LogP contribution in [0, 0.1) is 0 Å². The maximum Gasteiger partial charge on any atom is 0.242 e. The predicted octanol–water partition coefficient (Wildman–Crippen LogP) is 1.54. The van der Waals surface area contributed by atoms with Crippen molar-refractivity contribution in [3.8, 4) is 0 Å². The maximum atomic E-state index is 12.2. The van der Waals surface area contributed by atoms with Crippen molar-refractivity contribution in [3.05, 3.63) is 29.8 Å². The van der Waals surface area contributed by atoms with Gasteiger partial charge < -0.3 is 5.32 Å². The number of piperazine rings is 1. The van der Waals surface area contributed by atoms with Gasteiger partial charge in [0.2, 0.25) is 10.0 Å². The van der Waals surface area contributed by atoms with Gasteiger partial charge in [-0.3, -0.25) is 4.90 Å². The molecule has 2 atom stereocenters. The van der Waals surface area contributed by atoms with Gasteiger partial charge in [0.15, 0.2) is 0 Å². The molecule has 1 aromatic carbocycles. The summed E-state index contributed by atoms with van der Waals surface area (Å²) in [5, 5.41) is 3.50. The van der Waals surface area contributed by atoms with Crippen LogP contribution in [-0.4, -0.2) is 56.9 Å². The Morgan fingerprint density at radius 2 is 1.82 bits per heavy atom. The van der Waals surface area contributed by atoms with Crippen LogP contribution in [0.4, 0.5) is 0 Å². The van der Waals surface area contributed by atoms with E-state index in [1.165, 1.54) is 4.31 Å². The molecule has 1 fully saturated rings. The number of nitrogens with one attached hydrogen (secondary N) is 1. The second kappa shape index (κ2) is 7.75. The molecule has 1 aliphatic rings. The van der Waals surface area contributed by atoms with Gasteiger partial charge in [0, 0.05) is 45.8 Å². The summed E-state index contributed by atoms with van der Waals surface area (Å²) >= 11 is 0. The average molecular weight is 348 g/mol. The van der Waals surface area contributed by atoms with E-state index < -0.39 is 10.0 Å². The van der Waals surface area contributed by atoms with E-state index in [1.807, 2.05) is 12.1 Å². The Hall–Kier alpha value is -0.660. The van der Waals surface area contributed by atoms with E-state index in [1.54, 1.807) is 26.2 Å². The first-order valence-corrected chi connectivity index (χ1v) is 8.73. The SMILES string of the molecule is CC1CN(Cc2cccc(S(=O)(=O)N(C)C)c2)CC(C)N1.Cl. The van der Waals surface area contributed by atoms with E-state index in [9.17, 15) is 8.42 Å². The fraction of sp³-hybridized carbons (Fsp3) is 0.600. The Kier molecular flexibility index (Phi) is 6.83. The molecule has 1 N–H and O–H groups in total. The lowest BCUT2D eigenvalue weighted by Gasteiger charge is -2.36. The van der Waals surface area contributed by atoms with Crippen LogP contribution in [0.1, 0.15) is 19.4 Å². The first kappa shape index (κ1) is 19.4. The molecule has 1 heterocycles. The van der Waals surface area contributed by atoms with E-state index in [0.29, 0.717) is 17.0 Å². The van der Waals surface area contributed by atoms with Crippen molar-refractivity contribution in [2.75, 3.05) is 27.2 Å². The lowest BCUT2D eigenvalue weighted by molar-refractivity contribution is 0.166. The van der Waals surface area contributed by atoms with Crippen LogP contribution in [0.5, 0.6) is 0 Å². The summed E-state index contributed by atoms with van der Waals surface area (Å²) in [6, 6.07) is 8.17. The number of sulfonamides is 1. The monoisotopic (exact) mass is 347 g/mol. The molecule has 0 bridgehead atoms. The van der Waals surface area contributed by atoms with Crippen LogP contribution in [0.15, 0.2) is 29.2 Å². The lowest BCUT2D eigenvalue weighted by atomic mass is 10.1. The van der Waals surface area contributed by atoms with Crippen LogP contribution in [0.3, 0.4) is 0 Å². The molecule has 0 radical (unpaired) electrons. The molecule has 22 heavy (non-hydrogen) atoms. The van der Waals surface area contributed by atoms with Crippen molar-refractivity contribution in [2.24, 2.45) is 0 Å². The van der Waals surface area contributed by atoms with Gasteiger partial charge in [-0.25, -0.2) is 12.7 Å². The molecule has 5 nitrogen and oxygen atoms in total. The van der Waals surface area contributed by atoms with Gasteiger partial charge in [0.1, 0.15) is 0 Å². The molecule has 1 aromatic rings. The smallest absolute Gasteiger partial charge is 0.242 e. The summed E-state index contributed by atoms with van der Waals surface area (Å²) in [6.07, 6.45) is 0. The molecule has 0 spiro atoms.